The fourth-order valence-electron chi connectivity index (χ4n) is 2.65. The van der Waals surface area contributed by atoms with Crippen LogP contribution in [0.15, 0.2) is 18.2 Å². The molecule has 0 radical (unpaired) electrons. The summed E-state index contributed by atoms with van der Waals surface area (Å²) in [4.78, 5) is 25.1. The van der Waals surface area contributed by atoms with Crippen LogP contribution in [0.4, 0.5) is 4.39 Å². The van der Waals surface area contributed by atoms with Gasteiger partial charge in [-0.1, -0.05) is 12.1 Å². The molecule has 0 aromatic heterocycles. The lowest BCUT2D eigenvalue weighted by Gasteiger charge is -2.18. The van der Waals surface area contributed by atoms with Crippen molar-refractivity contribution in [1.29, 1.82) is 0 Å². The van der Waals surface area contributed by atoms with E-state index in [0.29, 0.717) is 0 Å². The summed E-state index contributed by atoms with van der Waals surface area (Å²) in [6.45, 7) is 1.67. The van der Waals surface area contributed by atoms with Crippen LogP contribution in [0.2, 0.25) is 0 Å². The number of benzene rings is 1. The molecule has 1 aromatic carbocycles. The second kappa shape index (κ2) is 7.13. The van der Waals surface area contributed by atoms with Gasteiger partial charge < -0.3 is 10.2 Å². The van der Waals surface area contributed by atoms with Crippen LogP contribution in [0.5, 0.6) is 0 Å². The molecule has 2 atom stereocenters. The molecule has 6 heteroatoms. The number of carbonyl (C=O) groups excluding carboxylic acids is 2. The van der Waals surface area contributed by atoms with Crippen molar-refractivity contribution in [2.24, 2.45) is 0 Å². The maximum Gasteiger partial charge on any atom is 0.244 e. The molecule has 2 rings (SSSR count). The molecule has 0 heterocycles. The Morgan fingerprint density at radius 2 is 2.18 bits per heavy atom. The third-order valence-electron chi connectivity index (χ3n) is 3.76. The number of carbonyl (C=O) groups is 2. The van der Waals surface area contributed by atoms with Gasteiger partial charge in [-0.3, -0.25) is 9.59 Å². The molecule has 0 saturated carbocycles. The van der Waals surface area contributed by atoms with Gasteiger partial charge in [-0.25, -0.2) is 4.39 Å². The van der Waals surface area contributed by atoms with Gasteiger partial charge in [-0.15, -0.1) is 11.8 Å². The number of hydrogen-bond donors (Lipinski definition) is 1. The predicted octanol–water partition coefficient (Wildman–Crippen LogP) is 2.14. The number of halogens is 1. The molecule has 0 saturated heterocycles. The Balaban J connectivity index is 1.86. The summed E-state index contributed by atoms with van der Waals surface area (Å²) in [5.74, 6) is -0.189. The molecule has 0 fully saturated rings. The summed E-state index contributed by atoms with van der Waals surface area (Å²) in [7, 11) is 3.31. The molecule has 0 unspecified atom stereocenters. The number of likely N-dealkylation sites (N-methyl/N-ethyl adjacent to an activating group) is 1. The summed E-state index contributed by atoms with van der Waals surface area (Å²) in [5, 5.41) is 2.84. The maximum absolute atomic E-state index is 13.7. The Hall–Kier alpha value is -1.56. The van der Waals surface area contributed by atoms with E-state index in [-0.39, 0.29) is 28.6 Å². The number of amides is 2. The van der Waals surface area contributed by atoms with Crippen molar-refractivity contribution in [1.82, 2.24) is 10.2 Å². The summed E-state index contributed by atoms with van der Waals surface area (Å²) in [6.07, 6.45) is 1.57. The molecule has 22 heavy (non-hydrogen) atoms. The molecule has 2 amide bonds. The summed E-state index contributed by atoms with van der Waals surface area (Å²) >= 11 is 1.50. The van der Waals surface area contributed by atoms with Gasteiger partial charge in [0.15, 0.2) is 0 Å². The van der Waals surface area contributed by atoms with Crippen LogP contribution in [-0.4, -0.2) is 42.6 Å². The number of nitrogens with zero attached hydrogens (tertiary/aromatic N) is 1. The standard InChI is InChI=1S/C16H21FN2O2S/c1-10(16(21)19(2)3)18-15(20)9-22-14-8-7-11-12(14)5-4-6-13(11)17/h4-6,10,14H,7-9H2,1-3H3,(H,18,20)/t10-,14+/m0/s1. The predicted molar refractivity (Wildman–Crippen MR) is 86.2 cm³/mol. The van der Waals surface area contributed by atoms with Gasteiger partial charge >= 0.3 is 0 Å². The molecule has 1 aliphatic rings. The number of hydrogen-bond acceptors (Lipinski definition) is 3. The van der Waals surface area contributed by atoms with E-state index in [9.17, 15) is 14.0 Å². The first-order valence-electron chi connectivity index (χ1n) is 7.29. The molecule has 4 nitrogen and oxygen atoms in total. The fraction of sp³-hybridized carbons (Fsp3) is 0.500. The Morgan fingerprint density at radius 1 is 1.45 bits per heavy atom. The van der Waals surface area contributed by atoms with Crippen molar-refractivity contribution in [3.05, 3.63) is 35.1 Å². The molecule has 1 N–H and O–H groups in total. The van der Waals surface area contributed by atoms with Gasteiger partial charge in [0.05, 0.1) is 5.75 Å². The second-order valence-electron chi connectivity index (χ2n) is 5.67. The van der Waals surface area contributed by atoms with Crippen molar-refractivity contribution in [2.45, 2.75) is 31.1 Å². The van der Waals surface area contributed by atoms with Crippen LogP contribution in [0.25, 0.3) is 0 Å². The molecule has 1 aromatic rings. The highest BCUT2D eigenvalue weighted by molar-refractivity contribution is 8.00. The first-order valence-corrected chi connectivity index (χ1v) is 8.34. The Bertz CT molecular complexity index is 577. The van der Waals surface area contributed by atoms with Crippen molar-refractivity contribution in [3.8, 4) is 0 Å². The zero-order chi connectivity index (χ0) is 16.3. The van der Waals surface area contributed by atoms with Gasteiger partial charge in [0.2, 0.25) is 11.8 Å². The molecule has 1 aliphatic carbocycles. The summed E-state index contributed by atoms with van der Waals surface area (Å²) < 4.78 is 13.7. The molecule has 120 valence electrons. The number of nitrogens with one attached hydrogen (secondary N) is 1. The number of rotatable bonds is 5. The Morgan fingerprint density at radius 3 is 2.86 bits per heavy atom. The lowest BCUT2D eigenvalue weighted by Crippen LogP contribution is -2.44. The number of thioether (sulfide) groups is 1. The van der Waals surface area contributed by atoms with Crippen molar-refractivity contribution < 1.29 is 14.0 Å². The van der Waals surface area contributed by atoms with E-state index in [0.717, 1.165) is 24.0 Å². The smallest absolute Gasteiger partial charge is 0.244 e. The lowest BCUT2D eigenvalue weighted by molar-refractivity contribution is -0.133. The minimum absolute atomic E-state index is 0.133. The number of fused-ring (bicyclic) bond motifs is 1. The molecular formula is C16H21FN2O2S. The first-order chi connectivity index (χ1) is 10.4. The van der Waals surface area contributed by atoms with Gasteiger partial charge in [-0.2, -0.15) is 0 Å². The summed E-state index contributed by atoms with van der Waals surface area (Å²) in [5.41, 5.74) is 1.77. The van der Waals surface area contributed by atoms with Crippen molar-refractivity contribution >= 4 is 23.6 Å². The highest BCUT2D eigenvalue weighted by Gasteiger charge is 2.26. The van der Waals surface area contributed by atoms with E-state index >= 15 is 0 Å². The van der Waals surface area contributed by atoms with Gasteiger partial charge in [-0.05, 0) is 37.0 Å². The largest absolute Gasteiger partial charge is 0.347 e. The molecule has 0 bridgehead atoms. The Labute approximate surface area is 134 Å². The SMILES string of the molecule is C[C@H](NC(=O)CS[C@@H]1CCc2c(F)cccc21)C(=O)N(C)C. The first kappa shape index (κ1) is 16.8. The van der Waals surface area contributed by atoms with E-state index in [1.165, 1.54) is 22.7 Å². The average Bonchev–Trinajstić information content (AvgIpc) is 2.88. The molecular weight excluding hydrogens is 303 g/mol. The van der Waals surface area contributed by atoms with E-state index in [2.05, 4.69) is 5.32 Å². The average molecular weight is 324 g/mol. The summed E-state index contributed by atoms with van der Waals surface area (Å²) in [6, 6.07) is 4.59. The minimum Gasteiger partial charge on any atom is -0.347 e. The quantitative estimate of drug-likeness (QED) is 0.903. The monoisotopic (exact) mass is 324 g/mol. The van der Waals surface area contributed by atoms with E-state index in [1.807, 2.05) is 6.07 Å². The van der Waals surface area contributed by atoms with Crippen LogP contribution in [0, 0.1) is 5.82 Å². The Kier molecular flexibility index (Phi) is 5.45. The zero-order valence-electron chi connectivity index (χ0n) is 13.1. The van der Waals surface area contributed by atoms with Gasteiger partial charge in [0, 0.05) is 19.3 Å². The molecule has 0 aliphatic heterocycles. The lowest BCUT2D eigenvalue weighted by atomic mass is 10.1. The third kappa shape index (κ3) is 3.80. The second-order valence-corrected chi connectivity index (χ2v) is 6.86. The zero-order valence-corrected chi connectivity index (χ0v) is 13.9. The van der Waals surface area contributed by atoms with Crippen LogP contribution in [0.3, 0.4) is 0 Å². The van der Waals surface area contributed by atoms with E-state index < -0.39 is 6.04 Å². The fourth-order valence-corrected chi connectivity index (χ4v) is 3.77. The van der Waals surface area contributed by atoms with Crippen LogP contribution in [0.1, 0.15) is 29.7 Å². The maximum atomic E-state index is 13.7. The molecule has 0 spiro atoms. The van der Waals surface area contributed by atoms with Crippen molar-refractivity contribution in [2.75, 3.05) is 19.8 Å². The minimum atomic E-state index is -0.531. The van der Waals surface area contributed by atoms with E-state index in [1.54, 1.807) is 27.1 Å². The highest BCUT2D eigenvalue weighted by atomic mass is 32.2. The normalized spacial score (nSPS) is 17.7. The van der Waals surface area contributed by atoms with Crippen LogP contribution in [-0.2, 0) is 16.0 Å². The van der Waals surface area contributed by atoms with Crippen LogP contribution >= 0.6 is 11.8 Å². The van der Waals surface area contributed by atoms with Crippen LogP contribution < -0.4 is 5.32 Å². The highest BCUT2D eigenvalue weighted by Crippen LogP contribution is 2.41. The van der Waals surface area contributed by atoms with Gasteiger partial charge in [0.25, 0.3) is 0 Å². The topological polar surface area (TPSA) is 49.4 Å². The third-order valence-corrected chi connectivity index (χ3v) is 5.08. The van der Waals surface area contributed by atoms with E-state index in [4.69, 9.17) is 0 Å². The van der Waals surface area contributed by atoms with Crippen molar-refractivity contribution in [3.63, 3.8) is 0 Å². The van der Waals surface area contributed by atoms with Gasteiger partial charge in [0.1, 0.15) is 11.9 Å².